The van der Waals surface area contributed by atoms with Gasteiger partial charge < -0.3 is 19.0 Å². The average molecular weight is 505 g/mol. The largest absolute Gasteiger partial charge is 0.504 e. The molecule has 3 heterocycles. The molecule has 1 amide bonds. The van der Waals surface area contributed by atoms with Gasteiger partial charge in [-0.25, -0.2) is 9.78 Å². The Morgan fingerprint density at radius 2 is 2.06 bits per heavy atom. The van der Waals surface area contributed by atoms with E-state index < -0.39 is 17.9 Å². The van der Waals surface area contributed by atoms with Crippen molar-refractivity contribution in [2.24, 2.45) is 0 Å². The highest BCUT2D eigenvalue weighted by Crippen LogP contribution is 2.44. The summed E-state index contributed by atoms with van der Waals surface area (Å²) in [5.74, 6) is -1.21. The second-order valence-corrected chi connectivity index (χ2v) is 8.95. The number of esters is 1. The number of thiazole rings is 1. The molecule has 1 aliphatic rings. The third kappa shape index (κ3) is 3.62. The summed E-state index contributed by atoms with van der Waals surface area (Å²) >= 11 is 0.972. The minimum atomic E-state index is -0.939. The number of ether oxygens (including phenoxy) is 2. The summed E-state index contributed by atoms with van der Waals surface area (Å²) in [5.41, 5.74) is 0.915. The van der Waals surface area contributed by atoms with Crippen LogP contribution in [0.25, 0.3) is 11.0 Å². The first-order valence-electron chi connectivity index (χ1n) is 10.9. The first kappa shape index (κ1) is 23.3. The second-order valence-electron chi connectivity index (χ2n) is 7.98. The van der Waals surface area contributed by atoms with Crippen molar-refractivity contribution < 1.29 is 28.6 Å². The standard InChI is InChI=1S/C26H20N2O7S/c1-4-11-34-25(32)23-13(2)27-26(36-23)28-20(14-9-10-16(29)18(12-14)33-3)19-21(30)15-7-5-6-8-17(15)35-22(19)24(28)31/h4-10,12,20,29H,1,11H2,2-3H3/t20-/m1/s1. The predicted octanol–water partition coefficient (Wildman–Crippen LogP) is 4.36. The number of rotatable bonds is 6. The zero-order valence-corrected chi connectivity index (χ0v) is 20.1. The van der Waals surface area contributed by atoms with Crippen LogP contribution >= 0.6 is 11.3 Å². The molecule has 0 radical (unpaired) electrons. The zero-order chi connectivity index (χ0) is 25.6. The van der Waals surface area contributed by atoms with Crippen molar-refractivity contribution in [1.29, 1.82) is 0 Å². The number of methoxy groups -OCH3 is 1. The lowest BCUT2D eigenvalue weighted by Gasteiger charge is -2.23. The van der Waals surface area contributed by atoms with E-state index in [2.05, 4.69) is 11.6 Å². The first-order valence-corrected chi connectivity index (χ1v) is 11.7. The molecule has 0 unspecified atom stereocenters. The van der Waals surface area contributed by atoms with Crippen molar-refractivity contribution in [2.45, 2.75) is 13.0 Å². The molecule has 9 nitrogen and oxygen atoms in total. The fourth-order valence-electron chi connectivity index (χ4n) is 4.17. The molecule has 4 aromatic rings. The molecule has 1 atom stereocenters. The van der Waals surface area contributed by atoms with Crippen molar-refractivity contribution >= 4 is 39.3 Å². The molecule has 36 heavy (non-hydrogen) atoms. The highest BCUT2D eigenvalue weighted by Gasteiger charge is 2.45. The number of hydrogen-bond donors (Lipinski definition) is 1. The van der Waals surface area contributed by atoms with Crippen molar-refractivity contribution in [1.82, 2.24) is 4.98 Å². The summed E-state index contributed by atoms with van der Waals surface area (Å²) in [6.07, 6.45) is 1.45. The van der Waals surface area contributed by atoms with Gasteiger partial charge in [-0.3, -0.25) is 14.5 Å². The van der Waals surface area contributed by atoms with Gasteiger partial charge in [0.05, 0.1) is 29.8 Å². The van der Waals surface area contributed by atoms with Crippen LogP contribution < -0.4 is 15.1 Å². The molecule has 1 aliphatic heterocycles. The number of amides is 1. The number of phenolic OH excluding ortho intramolecular Hbond substituents is 1. The number of aromatic nitrogens is 1. The number of benzene rings is 2. The van der Waals surface area contributed by atoms with E-state index in [9.17, 15) is 19.5 Å². The smallest absolute Gasteiger partial charge is 0.350 e. The molecule has 1 N–H and O–H groups in total. The number of carbonyl (C=O) groups excluding carboxylic acids is 2. The SMILES string of the molecule is C=CCOC(=O)c1sc(N2C(=O)c3oc4ccccc4c(=O)c3[C@H]2c2ccc(O)c(OC)c2)nc1C. The van der Waals surface area contributed by atoms with Crippen LogP contribution in [0.15, 0.2) is 64.3 Å². The first-order chi connectivity index (χ1) is 17.3. The number of anilines is 1. The molecule has 0 spiro atoms. The summed E-state index contributed by atoms with van der Waals surface area (Å²) in [5, 5.41) is 10.6. The van der Waals surface area contributed by atoms with Crippen LogP contribution in [-0.2, 0) is 4.74 Å². The monoisotopic (exact) mass is 504 g/mol. The van der Waals surface area contributed by atoms with E-state index in [1.165, 1.54) is 24.2 Å². The van der Waals surface area contributed by atoms with Gasteiger partial charge in [0.2, 0.25) is 5.76 Å². The molecular weight excluding hydrogens is 484 g/mol. The van der Waals surface area contributed by atoms with Crippen molar-refractivity contribution in [2.75, 3.05) is 18.6 Å². The molecular formula is C26H20N2O7S. The van der Waals surface area contributed by atoms with E-state index >= 15 is 0 Å². The molecule has 10 heteroatoms. The fraction of sp³-hybridized carbons (Fsp3) is 0.154. The quantitative estimate of drug-likeness (QED) is 0.304. The van der Waals surface area contributed by atoms with Gasteiger partial charge in [-0.05, 0) is 36.8 Å². The maximum Gasteiger partial charge on any atom is 0.350 e. The van der Waals surface area contributed by atoms with Crippen molar-refractivity contribution in [3.05, 3.63) is 92.8 Å². The minimum absolute atomic E-state index is 0.0283. The normalized spacial score (nSPS) is 14.7. The molecule has 2 aromatic carbocycles. The third-order valence-electron chi connectivity index (χ3n) is 5.81. The van der Waals surface area contributed by atoms with Gasteiger partial charge in [-0.2, -0.15) is 0 Å². The summed E-state index contributed by atoms with van der Waals surface area (Å²) in [6, 6.07) is 10.3. The van der Waals surface area contributed by atoms with Crippen molar-refractivity contribution in [3.8, 4) is 11.5 Å². The predicted molar refractivity (Wildman–Crippen MR) is 133 cm³/mol. The number of aryl methyl sites for hydroxylation is 1. The lowest BCUT2D eigenvalue weighted by molar-refractivity contribution is 0.0554. The van der Waals surface area contributed by atoms with Crippen molar-refractivity contribution in [3.63, 3.8) is 0 Å². The Hall–Kier alpha value is -4.44. The van der Waals surface area contributed by atoms with Gasteiger partial charge in [0.1, 0.15) is 17.1 Å². The third-order valence-corrected chi connectivity index (χ3v) is 6.94. The summed E-state index contributed by atoms with van der Waals surface area (Å²) < 4.78 is 16.3. The maximum atomic E-state index is 13.7. The molecule has 0 aliphatic carbocycles. The summed E-state index contributed by atoms with van der Waals surface area (Å²) in [6.45, 7) is 5.20. The zero-order valence-electron chi connectivity index (χ0n) is 19.3. The van der Waals surface area contributed by atoms with E-state index in [0.717, 1.165) is 11.3 Å². The van der Waals surface area contributed by atoms with E-state index in [-0.39, 0.29) is 50.5 Å². The van der Waals surface area contributed by atoms with Gasteiger partial charge in [-0.1, -0.05) is 42.2 Å². The maximum absolute atomic E-state index is 13.7. The lowest BCUT2D eigenvalue weighted by Crippen LogP contribution is -2.29. The number of para-hydroxylation sites is 1. The Morgan fingerprint density at radius 3 is 2.81 bits per heavy atom. The van der Waals surface area contributed by atoms with Gasteiger partial charge in [0, 0.05) is 0 Å². The molecule has 0 saturated heterocycles. The number of phenols is 1. The Labute approximate surface area is 208 Å². The molecule has 0 bridgehead atoms. The van der Waals surface area contributed by atoms with E-state index in [4.69, 9.17) is 13.9 Å². The van der Waals surface area contributed by atoms with Gasteiger partial charge in [0.15, 0.2) is 22.1 Å². The van der Waals surface area contributed by atoms with Crippen LogP contribution in [0.4, 0.5) is 5.13 Å². The highest BCUT2D eigenvalue weighted by molar-refractivity contribution is 7.17. The Balaban J connectivity index is 1.73. The summed E-state index contributed by atoms with van der Waals surface area (Å²) in [7, 11) is 1.40. The number of carbonyl (C=O) groups is 2. The second kappa shape index (κ2) is 8.97. The topological polar surface area (TPSA) is 119 Å². The molecule has 5 rings (SSSR count). The number of nitrogens with zero attached hydrogens (tertiary/aromatic N) is 2. The van der Waals surface area contributed by atoms with Gasteiger partial charge in [-0.15, -0.1) is 0 Å². The number of fused-ring (bicyclic) bond motifs is 2. The van der Waals surface area contributed by atoms with Crippen LogP contribution in [0.3, 0.4) is 0 Å². The number of aromatic hydroxyl groups is 1. The fourth-order valence-corrected chi connectivity index (χ4v) is 5.16. The summed E-state index contributed by atoms with van der Waals surface area (Å²) in [4.78, 5) is 45.9. The lowest BCUT2D eigenvalue weighted by atomic mass is 9.98. The van der Waals surface area contributed by atoms with Crippen LogP contribution in [0, 0.1) is 6.92 Å². The van der Waals surface area contributed by atoms with Crippen LogP contribution in [-0.4, -0.2) is 35.7 Å². The Kier molecular flexibility index (Phi) is 5.81. The molecule has 0 saturated carbocycles. The van der Waals surface area contributed by atoms with Crippen LogP contribution in [0.1, 0.15) is 43.1 Å². The average Bonchev–Trinajstić information content (AvgIpc) is 3.40. The highest BCUT2D eigenvalue weighted by atomic mass is 32.1. The van der Waals surface area contributed by atoms with E-state index in [1.54, 1.807) is 43.3 Å². The minimum Gasteiger partial charge on any atom is -0.504 e. The van der Waals surface area contributed by atoms with Crippen LogP contribution in [0.2, 0.25) is 0 Å². The molecule has 2 aromatic heterocycles. The molecule has 182 valence electrons. The van der Waals surface area contributed by atoms with E-state index in [0.29, 0.717) is 16.6 Å². The molecule has 0 fully saturated rings. The Morgan fingerprint density at radius 1 is 1.28 bits per heavy atom. The van der Waals surface area contributed by atoms with E-state index in [1.807, 2.05) is 0 Å². The number of hydrogen-bond acceptors (Lipinski definition) is 9. The Bertz CT molecular complexity index is 1600. The van der Waals surface area contributed by atoms with Gasteiger partial charge >= 0.3 is 5.97 Å². The van der Waals surface area contributed by atoms with Gasteiger partial charge in [0.25, 0.3) is 5.91 Å². The van der Waals surface area contributed by atoms with Crippen LogP contribution in [0.5, 0.6) is 11.5 Å².